The molecule has 0 saturated carbocycles. The van der Waals surface area contributed by atoms with Gasteiger partial charge in [-0.3, -0.25) is 4.79 Å². The predicted octanol–water partition coefficient (Wildman–Crippen LogP) is 3.21. The molecular formula is C15H16O3. The molecule has 94 valence electrons. The highest BCUT2D eigenvalue weighted by Crippen LogP contribution is 2.09. The van der Waals surface area contributed by atoms with Gasteiger partial charge < -0.3 is 9.84 Å². The van der Waals surface area contributed by atoms with Crippen LogP contribution in [0.1, 0.15) is 15.9 Å². The van der Waals surface area contributed by atoms with Crippen LogP contribution in [0.2, 0.25) is 0 Å². The quantitative estimate of drug-likeness (QED) is 0.825. The summed E-state index contributed by atoms with van der Waals surface area (Å²) in [5.41, 5.74) is 1.84. The Morgan fingerprint density at radius 3 is 1.94 bits per heavy atom. The fourth-order valence-electron chi connectivity index (χ4n) is 1.23. The van der Waals surface area contributed by atoms with Gasteiger partial charge in [-0.25, -0.2) is 0 Å². The third-order valence-electron chi connectivity index (χ3n) is 2.29. The van der Waals surface area contributed by atoms with Gasteiger partial charge in [-0.2, -0.15) is 0 Å². The van der Waals surface area contributed by atoms with Gasteiger partial charge in [0.15, 0.2) is 0 Å². The van der Waals surface area contributed by atoms with Gasteiger partial charge in [-0.1, -0.05) is 17.7 Å². The Kier molecular flexibility index (Phi) is 5.45. The molecule has 18 heavy (non-hydrogen) atoms. The van der Waals surface area contributed by atoms with Crippen LogP contribution in [0.5, 0.6) is 11.5 Å². The van der Waals surface area contributed by atoms with Gasteiger partial charge in [0.05, 0.1) is 7.11 Å². The molecule has 0 radical (unpaired) electrons. The Morgan fingerprint density at radius 2 is 1.56 bits per heavy atom. The van der Waals surface area contributed by atoms with Gasteiger partial charge in [-0.15, -0.1) is 0 Å². The number of ether oxygens (including phenoxy) is 1. The average molecular weight is 244 g/mol. The van der Waals surface area contributed by atoms with Gasteiger partial charge in [0, 0.05) is 5.56 Å². The fourth-order valence-corrected chi connectivity index (χ4v) is 1.23. The summed E-state index contributed by atoms with van der Waals surface area (Å²) in [5, 5.41) is 8.76. The number of methoxy groups -OCH3 is 1. The molecule has 0 aliphatic heterocycles. The number of hydrogen-bond donors (Lipinski definition) is 1. The zero-order chi connectivity index (χ0) is 13.4. The summed E-state index contributed by atoms with van der Waals surface area (Å²) < 4.78 is 4.90. The van der Waals surface area contributed by atoms with Crippen LogP contribution in [0.3, 0.4) is 0 Å². The van der Waals surface area contributed by atoms with E-state index in [1.54, 1.807) is 43.5 Å². The van der Waals surface area contributed by atoms with Crippen molar-refractivity contribution in [1.82, 2.24) is 0 Å². The Morgan fingerprint density at radius 1 is 1.00 bits per heavy atom. The van der Waals surface area contributed by atoms with Crippen molar-refractivity contribution in [3.05, 3.63) is 59.7 Å². The minimum absolute atomic E-state index is 0.329. The first kappa shape index (κ1) is 13.8. The van der Waals surface area contributed by atoms with Gasteiger partial charge in [0.1, 0.15) is 17.8 Å². The van der Waals surface area contributed by atoms with Crippen molar-refractivity contribution in [2.75, 3.05) is 7.11 Å². The van der Waals surface area contributed by atoms with Crippen LogP contribution in [0.4, 0.5) is 0 Å². The second-order valence-corrected chi connectivity index (χ2v) is 3.73. The molecule has 0 saturated heterocycles. The number of rotatable bonds is 2. The predicted molar refractivity (Wildman–Crippen MR) is 71.2 cm³/mol. The summed E-state index contributed by atoms with van der Waals surface area (Å²) in [7, 11) is 1.59. The lowest BCUT2D eigenvalue weighted by Crippen LogP contribution is -1.82. The van der Waals surface area contributed by atoms with Gasteiger partial charge >= 0.3 is 0 Å². The summed E-state index contributed by atoms with van der Waals surface area (Å²) in [6, 6.07) is 14.0. The summed E-state index contributed by atoms with van der Waals surface area (Å²) in [5.74, 6) is 1.10. The normalized spacial score (nSPS) is 9.00. The molecule has 0 bridgehead atoms. The van der Waals surface area contributed by atoms with E-state index >= 15 is 0 Å². The van der Waals surface area contributed by atoms with Crippen molar-refractivity contribution < 1.29 is 14.6 Å². The lowest BCUT2D eigenvalue weighted by Gasteiger charge is -1.96. The molecule has 2 aromatic rings. The second kappa shape index (κ2) is 7.12. The number of aromatic hydroxyl groups is 1. The standard InChI is InChI=1S/C8H8O2.C7H8O/c1-10-8-4-2-7(6-9)3-5-8;1-6-2-4-7(8)5-3-6/h2-6H,1H3;2-5,8H,1H3. The molecule has 0 aromatic heterocycles. The Hall–Kier alpha value is -2.29. The molecule has 2 aromatic carbocycles. The minimum atomic E-state index is 0.329. The van der Waals surface area contributed by atoms with Crippen molar-refractivity contribution >= 4 is 6.29 Å². The number of carbonyl (C=O) groups is 1. The maximum Gasteiger partial charge on any atom is 0.150 e. The second-order valence-electron chi connectivity index (χ2n) is 3.73. The summed E-state index contributed by atoms with van der Waals surface area (Å²) in [6.45, 7) is 1.99. The summed E-state index contributed by atoms with van der Waals surface area (Å²) in [4.78, 5) is 10.2. The number of aldehydes is 1. The van der Waals surface area contributed by atoms with E-state index in [2.05, 4.69) is 0 Å². The molecular weight excluding hydrogens is 228 g/mol. The Bertz CT molecular complexity index is 451. The molecule has 0 amide bonds. The first-order valence-corrected chi connectivity index (χ1v) is 5.50. The van der Waals surface area contributed by atoms with E-state index in [1.165, 1.54) is 5.56 Å². The average Bonchev–Trinajstić information content (AvgIpc) is 2.43. The Balaban J connectivity index is 0.000000184. The lowest BCUT2D eigenvalue weighted by atomic mass is 10.2. The topological polar surface area (TPSA) is 46.5 Å². The van der Waals surface area contributed by atoms with Crippen molar-refractivity contribution in [3.63, 3.8) is 0 Å². The van der Waals surface area contributed by atoms with Gasteiger partial charge in [0.25, 0.3) is 0 Å². The fraction of sp³-hybridized carbons (Fsp3) is 0.133. The molecule has 0 spiro atoms. The number of benzene rings is 2. The molecule has 0 atom stereocenters. The number of hydrogen-bond acceptors (Lipinski definition) is 3. The largest absolute Gasteiger partial charge is 0.508 e. The van der Waals surface area contributed by atoms with E-state index in [0.717, 1.165) is 12.0 Å². The van der Waals surface area contributed by atoms with Crippen molar-refractivity contribution in [1.29, 1.82) is 0 Å². The zero-order valence-electron chi connectivity index (χ0n) is 10.5. The van der Waals surface area contributed by atoms with Crippen molar-refractivity contribution in [2.24, 2.45) is 0 Å². The van der Waals surface area contributed by atoms with E-state index in [1.807, 2.05) is 19.1 Å². The molecule has 2 rings (SSSR count). The van der Waals surface area contributed by atoms with Crippen LogP contribution < -0.4 is 4.74 Å². The third-order valence-corrected chi connectivity index (χ3v) is 2.29. The summed E-state index contributed by atoms with van der Waals surface area (Å²) >= 11 is 0. The van der Waals surface area contributed by atoms with Gasteiger partial charge in [0.2, 0.25) is 0 Å². The third kappa shape index (κ3) is 4.70. The van der Waals surface area contributed by atoms with Crippen LogP contribution in [0.25, 0.3) is 0 Å². The first-order chi connectivity index (χ1) is 8.65. The summed E-state index contributed by atoms with van der Waals surface area (Å²) in [6.07, 6.45) is 0.805. The van der Waals surface area contributed by atoms with E-state index in [4.69, 9.17) is 9.84 Å². The number of carbonyl (C=O) groups excluding carboxylic acids is 1. The maximum atomic E-state index is 10.2. The van der Waals surface area contributed by atoms with Crippen LogP contribution in [-0.4, -0.2) is 18.5 Å². The van der Waals surface area contributed by atoms with Crippen LogP contribution in [0.15, 0.2) is 48.5 Å². The van der Waals surface area contributed by atoms with Crippen LogP contribution >= 0.6 is 0 Å². The van der Waals surface area contributed by atoms with Gasteiger partial charge in [-0.05, 0) is 43.3 Å². The monoisotopic (exact) mass is 244 g/mol. The smallest absolute Gasteiger partial charge is 0.150 e. The molecule has 3 nitrogen and oxygen atoms in total. The Labute approximate surface area is 107 Å². The molecule has 0 fully saturated rings. The maximum absolute atomic E-state index is 10.2. The molecule has 0 heterocycles. The molecule has 0 aliphatic carbocycles. The van der Waals surface area contributed by atoms with Crippen molar-refractivity contribution in [3.8, 4) is 11.5 Å². The molecule has 0 unspecified atom stereocenters. The van der Waals surface area contributed by atoms with Crippen LogP contribution in [-0.2, 0) is 0 Å². The zero-order valence-corrected chi connectivity index (χ0v) is 10.5. The molecule has 3 heteroatoms. The van der Waals surface area contributed by atoms with Crippen LogP contribution in [0, 0.1) is 6.92 Å². The molecule has 1 N–H and O–H groups in total. The highest BCUT2D eigenvalue weighted by Gasteiger charge is 1.89. The highest BCUT2D eigenvalue weighted by atomic mass is 16.5. The van der Waals surface area contributed by atoms with E-state index in [0.29, 0.717) is 11.3 Å². The van der Waals surface area contributed by atoms with Crippen molar-refractivity contribution in [2.45, 2.75) is 6.92 Å². The number of phenols is 1. The minimum Gasteiger partial charge on any atom is -0.508 e. The van der Waals surface area contributed by atoms with E-state index < -0.39 is 0 Å². The number of aryl methyl sites for hydroxylation is 1. The molecule has 0 aliphatic rings. The highest BCUT2D eigenvalue weighted by molar-refractivity contribution is 5.74. The first-order valence-electron chi connectivity index (χ1n) is 5.50. The number of phenolic OH excluding ortho intramolecular Hbond substituents is 1. The van der Waals surface area contributed by atoms with E-state index in [-0.39, 0.29) is 0 Å². The lowest BCUT2D eigenvalue weighted by molar-refractivity contribution is 0.112. The SMILES string of the molecule is COc1ccc(C=O)cc1.Cc1ccc(O)cc1. The van der Waals surface area contributed by atoms with E-state index in [9.17, 15) is 4.79 Å².